The van der Waals surface area contributed by atoms with Gasteiger partial charge >= 0.3 is 11.9 Å². The maximum absolute atomic E-state index is 10.2. The molecular weight excluding hydrogens is 184 g/mol. The molecule has 0 spiro atoms. The number of hydrogen-bond acceptors (Lipinski definition) is 3. The number of epoxide rings is 1. The number of hydrogen-bond donors (Lipinski definition) is 1. The molecule has 0 radical (unpaired) electrons. The summed E-state index contributed by atoms with van der Waals surface area (Å²) in [4.78, 5) is 19.5. The third kappa shape index (κ3) is 4.92. The topological polar surface area (TPSA) is 66.9 Å². The Morgan fingerprint density at radius 1 is 1.36 bits per heavy atom. The van der Waals surface area contributed by atoms with Crippen molar-refractivity contribution in [1.29, 1.82) is 0 Å². The molecule has 0 unspecified atom stereocenters. The SMILES string of the molecule is O=C(O)Cc1ccccc1.O=C1CO1. The molecule has 0 aromatic heterocycles. The second kappa shape index (κ2) is 5.01. The number of cyclic esters (lactones) is 1. The van der Waals surface area contributed by atoms with Gasteiger partial charge in [-0.25, -0.2) is 4.79 Å². The van der Waals surface area contributed by atoms with E-state index in [1.54, 1.807) is 12.1 Å². The van der Waals surface area contributed by atoms with Crippen molar-refractivity contribution in [2.24, 2.45) is 0 Å². The lowest BCUT2D eigenvalue weighted by Gasteiger charge is -1.92. The molecule has 4 heteroatoms. The Labute approximate surface area is 81.1 Å². The van der Waals surface area contributed by atoms with Crippen LogP contribution in [0.5, 0.6) is 0 Å². The van der Waals surface area contributed by atoms with Crippen LogP contribution in [0.2, 0.25) is 0 Å². The fourth-order valence-electron chi connectivity index (χ4n) is 0.800. The fraction of sp³-hybridized carbons (Fsp3) is 0.200. The van der Waals surface area contributed by atoms with Crippen LogP contribution in [-0.2, 0) is 20.7 Å². The summed E-state index contributed by atoms with van der Waals surface area (Å²) in [5.41, 5.74) is 0.843. The van der Waals surface area contributed by atoms with Crippen LogP contribution in [0, 0.1) is 0 Å². The second-order valence-electron chi connectivity index (χ2n) is 2.72. The predicted molar refractivity (Wildman–Crippen MR) is 48.7 cm³/mol. The molecule has 0 saturated carbocycles. The van der Waals surface area contributed by atoms with Gasteiger partial charge in [0.25, 0.3) is 0 Å². The summed E-state index contributed by atoms with van der Waals surface area (Å²) in [6.07, 6.45) is 0.112. The van der Waals surface area contributed by atoms with Crippen LogP contribution in [0.4, 0.5) is 0 Å². The van der Waals surface area contributed by atoms with Crippen LogP contribution in [0.3, 0.4) is 0 Å². The largest absolute Gasteiger partial charge is 0.481 e. The standard InChI is InChI=1S/C8H8O2.C2H2O2/c9-8(10)6-7-4-2-1-3-5-7;3-2-1-4-2/h1-5H,6H2,(H,9,10);1H2. The van der Waals surface area contributed by atoms with Gasteiger partial charge in [0.2, 0.25) is 0 Å². The van der Waals surface area contributed by atoms with Crippen LogP contribution in [0.1, 0.15) is 5.56 Å². The zero-order chi connectivity index (χ0) is 10.4. The Morgan fingerprint density at radius 2 is 1.86 bits per heavy atom. The number of carbonyl (C=O) groups is 2. The van der Waals surface area contributed by atoms with Crippen LogP contribution in [-0.4, -0.2) is 23.7 Å². The molecule has 1 N–H and O–H groups in total. The molecule has 1 fully saturated rings. The van der Waals surface area contributed by atoms with Crippen molar-refractivity contribution in [1.82, 2.24) is 0 Å². The lowest BCUT2D eigenvalue weighted by Crippen LogP contribution is -1.98. The summed E-state index contributed by atoms with van der Waals surface area (Å²) in [6.45, 7) is 0.347. The molecule has 1 heterocycles. The van der Waals surface area contributed by atoms with Gasteiger partial charge in [-0.15, -0.1) is 0 Å². The molecule has 0 aliphatic carbocycles. The Hall–Kier alpha value is -1.84. The Kier molecular flexibility index (Phi) is 3.67. The van der Waals surface area contributed by atoms with Crippen molar-refractivity contribution >= 4 is 11.9 Å². The molecule has 1 saturated heterocycles. The highest BCUT2D eigenvalue weighted by molar-refractivity contribution is 5.82. The van der Waals surface area contributed by atoms with Gasteiger partial charge < -0.3 is 9.84 Å². The van der Waals surface area contributed by atoms with Crippen LogP contribution in [0.25, 0.3) is 0 Å². The van der Waals surface area contributed by atoms with Gasteiger partial charge in [-0.1, -0.05) is 30.3 Å². The van der Waals surface area contributed by atoms with Gasteiger partial charge in [-0.05, 0) is 5.56 Å². The molecule has 4 nitrogen and oxygen atoms in total. The van der Waals surface area contributed by atoms with Crippen molar-refractivity contribution in [3.8, 4) is 0 Å². The Balaban J connectivity index is 0.000000203. The van der Waals surface area contributed by atoms with Crippen molar-refractivity contribution in [3.63, 3.8) is 0 Å². The quantitative estimate of drug-likeness (QED) is 0.709. The Morgan fingerprint density at radius 3 is 2.21 bits per heavy atom. The molecule has 1 aromatic carbocycles. The van der Waals surface area contributed by atoms with Crippen LogP contribution < -0.4 is 0 Å². The van der Waals surface area contributed by atoms with E-state index < -0.39 is 5.97 Å². The molecule has 0 amide bonds. The predicted octanol–water partition coefficient (Wildman–Crippen LogP) is 0.857. The molecule has 0 atom stereocenters. The fourth-order valence-corrected chi connectivity index (χ4v) is 0.800. The number of aliphatic carboxylic acids is 1. The molecule has 0 bridgehead atoms. The van der Waals surface area contributed by atoms with Gasteiger partial charge in [0, 0.05) is 0 Å². The van der Waals surface area contributed by atoms with E-state index in [1.807, 2.05) is 18.2 Å². The molecule has 74 valence electrons. The number of ether oxygens (including phenoxy) is 1. The third-order valence-electron chi connectivity index (χ3n) is 1.46. The number of carboxylic acids is 1. The normalized spacial score (nSPS) is 12.1. The van der Waals surface area contributed by atoms with Crippen LogP contribution >= 0.6 is 0 Å². The summed E-state index contributed by atoms with van der Waals surface area (Å²) in [5, 5.41) is 8.37. The second-order valence-corrected chi connectivity index (χ2v) is 2.72. The van der Waals surface area contributed by atoms with Crippen molar-refractivity contribution in [3.05, 3.63) is 35.9 Å². The van der Waals surface area contributed by atoms with Gasteiger partial charge in [0.15, 0.2) is 6.61 Å². The molecule has 1 aromatic rings. The lowest BCUT2D eigenvalue weighted by atomic mass is 10.2. The van der Waals surface area contributed by atoms with Crippen molar-refractivity contribution in [2.75, 3.05) is 6.61 Å². The maximum Gasteiger partial charge on any atom is 0.344 e. The van der Waals surface area contributed by atoms with Crippen molar-refractivity contribution in [2.45, 2.75) is 6.42 Å². The number of carbonyl (C=O) groups excluding carboxylic acids is 1. The molecule has 14 heavy (non-hydrogen) atoms. The van der Waals surface area contributed by atoms with Crippen LogP contribution in [0.15, 0.2) is 30.3 Å². The highest BCUT2D eigenvalue weighted by Crippen LogP contribution is 1.98. The Bertz CT molecular complexity index is 312. The van der Waals surface area contributed by atoms with Gasteiger partial charge in [-0.2, -0.15) is 0 Å². The number of carboxylic acid groups (broad SMARTS) is 1. The molecule has 2 rings (SSSR count). The average molecular weight is 194 g/mol. The first kappa shape index (κ1) is 10.2. The van der Waals surface area contributed by atoms with E-state index in [-0.39, 0.29) is 12.4 Å². The first-order valence-corrected chi connectivity index (χ1v) is 4.10. The monoisotopic (exact) mass is 194 g/mol. The summed E-state index contributed by atoms with van der Waals surface area (Å²) < 4.78 is 4.07. The van der Waals surface area contributed by atoms with Gasteiger partial charge in [0.1, 0.15) is 0 Å². The van der Waals surface area contributed by atoms with E-state index >= 15 is 0 Å². The van der Waals surface area contributed by atoms with Gasteiger partial charge in [0.05, 0.1) is 6.42 Å². The highest BCUT2D eigenvalue weighted by atomic mass is 16.6. The minimum absolute atomic E-state index is 0.0833. The van der Waals surface area contributed by atoms with Gasteiger partial charge in [-0.3, -0.25) is 4.79 Å². The zero-order valence-electron chi connectivity index (χ0n) is 7.47. The molecule has 1 aliphatic heterocycles. The van der Waals surface area contributed by atoms with E-state index in [1.165, 1.54) is 0 Å². The average Bonchev–Trinajstić information content (AvgIpc) is 2.89. The molecular formula is C10H10O4. The van der Waals surface area contributed by atoms with E-state index in [9.17, 15) is 9.59 Å². The number of rotatable bonds is 2. The molecule has 1 aliphatic rings. The first-order valence-electron chi connectivity index (χ1n) is 4.10. The smallest absolute Gasteiger partial charge is 0.344 e. The number of benzene rings is 1. The van der Waals surface area contributed by atoms with E-state index in [0.717, 1.165) is 5.56 Å². The minimum atomic E-state index is -0.786. The van der Waals surface area contributed by atoms with Crippen molar-refractivity contribution < 1.29 is 19.4 Å². The highest BCUT2D eigenvalue weighted by Gasteiger charge is 2.15. The zero-order valence-corrected chi connectivity index (χ0v) is 7.47. The summed E-state index contributed by atoms with van der Waals surface area (Å²) in [7, 11) is 0. The summed E-state index contributed by atoms with van der Waals surface area (Å²) >= 11 is 0. The third-order valence-corrected chi connectivity index (χ3v) is 1.46. The minimum Gasteiger partial charge on any atom is -0.481 e. The van der Waals surface area contributed by atoms with E-state index in [2.05, 4.69) is 4.74 Å². The lowest BCUT2D eigenvalue weighted by molar-refractivity contribution is -0.136. The van der Waals surface area contributed by atoms with E-state index in [4.69, 9.17) is 5.11 Å². The van der Waals surface area contributed by atoms with E-state index in [0.29, 0.717) is 6.61 Å². The maximum atomic E-state index is 10.2. The summed E-state index contributed by atoms with van der Waals surface area (Å²) in [5.74, 6) is -0.869. The first-order chi connectivity index (χ1) is 6.68. The summed E-state index contributed by atoms with van der Waals surface area (Å²) in [6, 6.07) is 9.13.